The molecule has 1 amide bonds. The molecule has 4 atom stereocenters. The van der Waals surface area contributed by atoms with Crippen molar-refractivity contribution in [3.8, 4) is 0 Å². The van der Waals surface area contributed by atoms with Crippen molar-refractivity contribution in [2.45, 2.75) is 76.9 Å². The van der Waals surface area contributed by atoms with Crippen molar-refractivity contribution >= 4 is 20.2 Å². The van der Waals surface area contributed by atoms with E-state index in [-0.39, 0.29) is 29.0 Å². The fourth-order valence-electron chi connectivity index (χ4n) is 3.23. The molecule has 2 saturated heterocycles. The number of fused-ring (bicyclic) bond motifs is 1. The average molecular weight is 313 g/mol. The number of carboxylic acids is 1. The first-order chi connectivity index (χ1) is 9.47. The fourth-order valence-corrected chi connectivity index (χ4v) is 4.66. The van der Waals surface area contributed by atoms with Gasteiger partial charge in [0, 0.05) is 6.04 Å². The van der Waals surface area contributed by atoms with Crippen molar-refractivity contribution in [2.24, 2.45) is 5.92 Å². The van der Waals surface area contributed by atoms with Crippen LogP contribution in [0.2, 0.25) is 18.1 Å². The first kappa shape index (κ1) is 16.5. The molecule has 0 aromatic heterocycles. The van der Waals surface area contributed by atoms with Crippen LogP contribution in [0, 0.1) is 5.92 Å². The normalized spacial score (nSPS) is 30.9. The van der Waals surface area contributed by atoms with E-state index in [0.717, 1.165) is 6.42 Å². The number of hydrogen-bond donors (Lipinski definition) is 1. The minimum atomic E-state index is -1.91. The second kappa shape index (κ2) is 5.09. The summed E-state index contributed by atoms with van der Waals surface area (Å²) in [6.45, 7) is 12.9. The van der Waals surface area contributed by atoms with E-state index in [0.29, 0.717) is 6.42 Å². The molecule has 5 nitrogen and oxygen atoms in total. The zero-order valence-corrected chi connectivity index (χ0v) is 14.8. The Morgan fingerprint density at radius 2 is 1.95 bits per heavy atom. The number of nitrogens with zero attached hydrogens (tertiary/aromatic N) is 1. The highest BCUT2D eigenvalue weighted by Crippen LogP contribution is 2.44. The highest BCUT2D eigenvalue weighted by Gasteiger charge is 2.58. The first-order valence-corrected chi connectivity index (χ1v) is 10.6. The maximum Gasteiger partial charge on any atom is 0.326 e. The lowest BCUT2D eigenvalue weighted by molar-refractivity contribution is -0.169. The van der Waals surface area contributed by atoms with E-state index in [9.17, 15) is 9.59 Å². The van der Waals surface area contributed by atoms with Crippen molar-refractivity contribution in [3.05, 3.63) is 0 Å². The van der Waals surface area contributed by atoms with Crippen molar-refractivity contribution in [2.75, 3.05) is 0 Å². The molecule has 0 bridgehead atoms. The smallest absolute Gasteiger partial charge is 0.326 e. The Bertz CT molecular complexity index is 457. The topological polar surface area (TPSA) is 66.8 Å². The average Bonchev–Trinajstić information content (AvgIpc) is 2.66. The third-order valence-electron chi connectivity index (χ3n) is 5.46. The predicted molar refractivity (Wildman–Crippen MR) is 82.5 cm³/mol. The molecule has 1 N–H and O–H groups in total. The van der Waals surface area contributed by atoms with Gasteiger partial charge in [0.05, 0.1) is 12.0 Å². The van der Waals surface area contributed by atoms with Gasteiger partial charge >= 0.3 is 5.97 Å². The van der Waals surface area contributed by atoms with Crippen LogP contribution in [0.1, 0.15) is 40.5 Å². The van der Waals surface area contributed by atoms with Crippen LogP contribution >= 0.6 is 0 Å². The standard InChI is InChI=1S/C15H27NO4Si/c1-9(20-21(5,6)15(2,3)4)12-10-7-8-11(14(18)19)16(10)13(12)17/h9-12H,7-8H2,1-6H3,(H,18,19). The molecule has 0 spiro atoms. The number of hydrogen-bond acceptors (Lipinski definition) is 3. The molecule has 2 heterocycles. The van der Waals surface area contributed by atoms with E-state index in [2.05, 4.69) is 33.9 Å². The second-order valence-electron chi connectivity index (χ2n) is 7.85. The molecule has 0 saturated carbocycles. The van der Waals surface area contributed by atoms with Gasteiger partial charge in [0.2, 0.25) is 5.91 Å². The predicted octanol–water partition coefficient (Wildman–Crippen LogP) is 2.47. The van der Waals surface area contributed by atoms with Crippen molar-refractivity contribution in [1.82, 2.24) is 4.90 Å². The van der Waals surface area contributed by atoms with Crippen LogP contribution in [0.5, 0.6) is 0 Å². The Balaban J connectivity index is 2.05. The molecule has 6 heteroatoms. The lowest BCUT2D eigenvalue weighted by Crippen LogP contribution is -2.65. The molecule has 4 unspecified atom stereocenters. The molecular weight excluding hydrogens is 286 g/mol. The van der Waals surface area contributed by atoms with Crippen LogP contribution in [-0.4, -0.2) is 48.4 Å². The zero-order chi connectivity index (χ0) is 16.2. The zero-order valence-electron chi connectivity index (χ0n) is 13.8. The van der Waals surface area contributed by atoms with Crippen molar-refractivity contribution in [3.63, 3.8) is 0 Å². The fraction of sp³-hybridized carbons (Fsp3) is 0.867. The summed E-state index contributed by atoms with van der Waals surface area (Å²) in [5.41, 5.74) is 0. The van der Waals surface area contributed by atoms with E-state index in [1.807, 2.05) is 6.92 Å². The number of β-lactam (4-membered cyclic amide) rings is 1. The summed E-state index contributed by atoms with van der Waals surface area (Å²) in [6, 6.07) is -0.572. The number of carbonyl (C=O) groups is 2. The van der Waals surface area contributed by atoms with E-state index in [1.165, 1.54) is 0 Å². The maximum absolute atomic E-state index is 12.3. The molecule has 21 heavy (non-hydrogen) atoms. The van der Waals surface area contributed by atoms with E-state index in [1.54, 1.807) is 4.90 Å². The van der Waals surface area contributed by atoms with Gasteiger partial charge in [-0.3, -0.25) is 4.79 Å². The first-order valence-electron chi connectivity index (χ1n) is 7.70. The molecule has 2 fully saturated rings. The van der Waals surface area contributed by atoms with Gasteiger partial charge in [-0.15, -0.1) is 0 Å². The molecular formula is C15H27NO4Si. The minimum absolute atomic E-state index is 0.0453. The van der Waals surface area contributed by atoms with Crippen LogP contribution < -0.4 is 0 Å². The Hall–Kier alpha value is -0.883. The number of aliphatic carboxylic acids is 1. The molecule has 120 valence electrons. The van der Waals surface area contributed by atoms with E-state index in [4.69, 9.17) is 9.53 Å². The van der Waals surface area contributed by atoms with Crippen LogP contribution in [0.4, 0.5) is 0 Å². The Kier molecular flexibility index (Phi) is 3.99. The van der Waals surface area contributed by atoms with Crippen LogP contribution in [0.3, 0.4) is 0 Å². The van der Waals surface area contributed by atoms with Gasteiger partial charge in [-0.25, -0.2) is 4.79 Å². The Labute approximate surface area is 127 Å². The third kappa shape index (κ3) is 2.63. The van der Waals surface area contributed by atoms with Gasteiger partial charge < -0.3 is 14.4 Å². The molecule has 2 aliphatic rings. The highest BCUT2D eigenvalue weighted by molar-refractivity contribution is 6.74. The summed E-state index contributed by atoms with van der Waals surface area (Å²) in [4.78, 5) is 25.0. The Morgan fingerprint density at radius 3 is 2.43 bits per heavy atom. The van der Waals surface area contributed by atoms with Gasteiger partial charge in [0.1, 0.15) is 6.04 Å². The molecule has 2 rings (SSSR count). The number of carboxylic acid groups (broad SMARTS) is 1. The number of rotatable bonds is 4. The van der Waals surface area contributed by atoms with Crippen molar-refractivity contribution in [1.29, 1.82) is 0 Å². The van der Waals surface area contributed by atoms with Gasteiger partial charge in [0.25, 0.3) is 0 Å². The van der Waals surface area contributed by atoms with Gasteiger partial charge in [-0.2, -0.15) is 0 Å². The number of carbonyl (C=O) groups excluding carboxylic acids is 1. The maximum atomic E-state index is 12.3. The summed E-state index contributed by atoms with van der Waals surface area (Å²) < 4.78 is 6.32. The molecule has 0 aromatic carbocycles. The lowest BCUT2D eigenvalue weighted by atomic mass is 9.84. The largest absolute Gasteiger partial charge is 0.480 e. The summed E-state index contributed by atoms with van der Waals surface area (Å²) in [5.74, 6) is -1.10. The summed E-state index contributed by atoms with van der Waals surface area (Å²) in [5, 5.41) is 9.26. The van der Waals surface area contributed by atoms with Gasteiger partial charge in [-0.05, 0) is 37.9 Å². The second-order valence-corrected chi connectivity index (χ2v) is 12.6. The molecule has 0 aliphatic carbocycles. The van der Waals surface area contributed by atoms with Crippen LogP contribution in [0.15, 0.2) is 0 Å². The molecule has 0 radical (unpaired) electrons. The molecule has 0 aromatic rings. The third-order valence-corrected chi connectivity index (χ3v) is 10.0. The summed E-state index contributed by atoms with van der Waals surface area (Å²) in [6.07, 6.45) is 1.21. The minimum Gasteiger partial charge on any atom is -0.480 e. The van der Waals surface area contributed by atoms with Crippen LogP contribution in [0.25, 0.3) is 0 Å². The van der Waals surface area contributed by atoms with Crippen molar-refractivity contribution < 1.29 is 19.1 Å². The number of amides is 1. The van der Waals surface area contributed by atoms with E-state index >= 15 is 0 Å². The summed E-state index contributed by atoms with van der Waals surface area (Å²) >= 11 is 0. The molecule has 2 aliphatic heterocycles. The van der Waals surface area contributed by atoms with Gasteiger partial charge in [-0.1, -0.05) is 20.8 Å². The van der Waals surface area contributed by atoms with Crippen LogP contribution in [-0.2, 0) is 14.0 Å². The SMILES string of the molecule is CC(O[Si](C)(C)C(C)(C)C)C1C(=O)N2C(C(=O)O)CCC12. The highest BCUT2D eigenvalue weighted by atomic mass is 28.4. The quantitative estimate of drug-likeness (QED) is 0.639. The summed E-state index contributed by atoms with van der Waals surface area (Å²) in [7, 11) is -1.91. The van der Waals surface area contributed by atoms with E-state index < -0.39 is 20.3 Å². The monoisotopic (exact) mass is 313 g/mol. The Morgan fingerprint density at radius 1 is 1.38 bits per heavy atom. The lowest BCUT2D eigenvalue weighted by Gasteiger charge is -2.49. The van der Waals surface area contributed by atoms with Gasteiger partial charge in [0.15, 0.2) is 8.32 Å².